The topological polar surface area (TPSA) is 54.3 Å². The van der Waals surface area contributed by atoms with Crippen molar-refractivity contribution < 1.29 is 4.79 Å². The van der Waals surface area contributed by atoms with E-state index in [0.717, 1.165) is 49.6 Å². The first-order valence-electron chi connectivity index (χ1n) is 10.8. The summed E-state index contributed by atoms with van der Waals surface area (Å²) in [4.78, 5) is 26.7. The summed E-state index contributed by atoms with van der Waals surface area (Å²) in [5.74, 6) is 1.13. The second-order valence-electron chi connectivity index (χ2n) is 8.21. The summed E-state index contributed by atoms with van der Waals surface area (Å²) in [5, 5.41) is 0. The molecule has 1 saturated heterocycles. The second kappa shape index (κ2) is 7.59. The molecule has 30 heavy (non-hydrogen) atoms. The molecular formula is C24H27N5O. The maximum absolute atomic E-state index is 13.1. The minimum Gasteiger partial charge on any atom is -0.355 e. The summed E-state index contributed by atoms with van der Waals surface area (Å²) >= 11 is 0. The number of nitrogens with zero attached hydrogens (tertiary/aromatic N) is 5. The lowest BCUT2D eigenvalue weighted by Crippen LogP contribution is -2.53. The van der Waals surface area contributed by atoms with E-state index in [-0.39, 0.29) is 11.4 Å². The third-order valence-electron chi connectivity index (χ3n) is 6.42. The van der Waals surface area contributed by atoms with E-state index < -0.39 is 0 Å². The van der Waals surface area contributed by atoms with E-state index in [1.165, 1.54) is 5.69 Å². The highest BCUT2D eigenvalue weighted by molar-refractivity contribution is 5.79. The summed E-state index contributed by atoms with van der Waals surface area (Å²) < 4.78 is 2.21. The van der Waals surface area contributed by atoms with Crippen LogP contribution in [0.15, 0.2) is 61.1 Å². The molecule has 2 aliphatic heterocycles. The molecule has 0 unspecified atom stereocenters. The fraction of sp³-hybridized carbons (Fsp3) is 0.375. The summed E-state index contributed by atoms with van der Waals surface area (Å²) in [6.45, 7) is 4.64. The van der Waals surface area contributed by atoms with Crippen LogP contribution in [-0.4, -0.2) is 45.0 Å². The molecule has 0 aliphatic carbocycles. The summed E-state index contributed by atoms with van der Waals surface area (Å²) in [6, 6.07) is 14.2. The van der Waals surface area contributed by atoms with Crippen LogP contribution in [0.25, 0.3) is 5.82 Å². The highest BCUT2D eigenvalue weighted by Gasteiger charge is 2.50. The van der Waals surface area contributed by atoms with Gasteiger partial charge in [-0.15, -0.1) is 0 Å². The lowest BCUT2D eigenvalue weighted by Gasteiger charge is -2.47. The Morgan fingerprint density at radius 3 is 2.83 bits per heavy atom. The van der Waals surface area contributed by atoms with Crippen LogP contribution < -0.4 is 4.90 Å². The minimum atomic E-state index is -0.214. The largest absolute Gasteiger partial charge is 0.355 e. The number of fused-ring (bicyclic) bond motifs is 4. The van der Waals surface area contributed by atoms with Crippen LogP contribution in [0.4, 0.5) is 5.69 Å². The Hall–Kier alpha value is -3.15. The molecule has 1 spiro atoms. The van der Waals surface area contributed by atoms with Crippen LogP contribution in [-0.2, 0) is 16.8 Å². The number of unbranched alkanes of at least 4 members (excludes halogenated alkanes) is 1. The van der Waals surface area contributed by atoms with E-state index in [9.17, 15) is 4.79 Å². The third-order valence-corrected chi connectivity index (χ3v) is 6.42. The molecule has 1 atom stereocenters. The van der Waals surface area contributed by atoms with Gasteiger partial charge in [0.15, 0.2) is 5.82 Å². The molecule has 6 nitrogen and oxygen atoms in total. The fourth-order valence-electron chi connectivity index (χ4n) is 4.95. The molecule has 0 saturated carbocycles. The van der Waals surface area contributed by atoms with Crippen LogP contribution in [0.5, 0.6) is 0 Å². The molecule has 2 aliphatic rings. The molecule has 3 aromatic heterocycles. The average molecular weight is 402 g/mol. The molecule has 0 bridgehead atoms. The van der Waals surface area contributed by atoms with Crippen molar-refractivity contribution in [2.24, 2.45) is 0 Å². The van der Waals surface area contributed by atoms with Crippen molar-refractivity contribution in [1.82, 2.24) is 19.4 Å². The molecule has 3 aromatic rings. The Labute approximate surface area is 177 Å². The predicted molar refractivity (Wildman–Crippen MR) is 117 cm³/mol. The van der Waals surface area contributed by atoms with Crippen molar-refractivity contribution in [2.45, 2.75) is 38.1 Å². The summed E-state index contributed by atoms with van der Waals surface area (Å²) in [5.41, 5.74) is 3.01. The number of rotatable bonds is 5. The summed E-state index contributed by atoms with van der Waals surface area (Å²) in [7, 11) is 0. The van der Waals surface area contributed by atoms with Gasteiger partial charge in [-0.25, -0.2) is 4.98 Å². The summed E-state index contributed by atoms with van der Waals surface area (Å²) in [6.07, 6.45) is 9.21. The number of aromatic nitrogens is 3. The molecule has 5 rings (SSSR count). The van der Waals surface area contributed by atoms with Crippen molar-refractivity contribution in [1.29, 1.82) is 0 Å². The van der Waals surface area contributed by atoms with E-state index in [2.05, 4.69) is 50.8 Å². The smallest absolute Gasteiger partial charge is 0.228 e. The minimum absolute atomic E-state index is 0.149. The van der Waals surface area contributed by atoms with Crippen molar-refractivity contribution in [3.8, 4) is 5.82 Å². The van der Waals surface area contributed by atoms with Gasteiger partial charge in [-0.05, 0) is 49.2 Å². The second-order valence-corrected chi connectivity index (χ2v) is 8.21. The fourth-order valence-corrected chi connectivity index (χ4v) is 4.95. The van der Waals surface area contributed by atoms with Gasteiger partial charge in [0.1, 0.15) is 5.54 Å². The Balaban J connectivity index is 1.50. The van der Waals surface area contributed by atoms with Gasteiger partial charge in [-0.3, -0.25) is 9.78 Å². The van der Waals surface area contributed by atoms with Crippen LogP contribution in [0.1, 0.15) is 37.6 Å². The van der Waals surface area contributed by atoms with Gasteiger partial charge in [0.2, 0.25) is 5.91 Å². The van der Waals surface area contributed by atoms with Gasteiger partial charge in [0.05, 0.1) is 17.8 Å². The third kappa shape index (κ3) is 2.98. The molecule has 6 heteroatoms. The predicted octanol–water partition coefficient (Wildman–Crippen LogP) is 3.56. The highest BCUT2D eigenvalue weighted by Crippen LogP contribution is 2.47. The first-order chi connectivity index (χ1) is 14.7. The quantitative estimate of drug-likeness (QED) is 0.656. The lowest BCUT2D eigenvalue weighted by atomic mass is 9.88. The van der Waals surface area contributed by atoms with Crippen LogP contribution in [0, 0.1) is 0 Å². The van der Waals surface area contributed by atoms with Crippen molar-refractivity contribution in [3.05, 3.63) is 72.4 Å². The number of carbonyl (C=O) groups is 1. The number of amides is 1. The molecule has 0 N–H and O–H groups in total. The van der Waals surface area contributed by atoms with Gasteiger partial charge in [-0.2, -0.15) is 0 Å². The monoisotopic (exact) mass is 401 g/mol. The Bertz CT molecular complexity index is 1050. The molecular weight excluding hydrogens is 374 g/mol. The molecule has 0 aromatic carbocycles. The van der Waals surface area contributed by atoms with Gasteiger partial charge < -0.3 is 14.4 Å². The first kappa shape index (κ1) is 18.9. The van der Waals surface area contributed by atoms with E-state index in [4.69, 9.17) is 0 Å². The molecule has 1 fully saturated rings. The van der Waals surface area contributed by atoms with E-state index in [1.807, 2.05) is 35.4 Å². The van der Waals surface area contributed by atoms with Crippen molar-refractivity contribution >= 4 is 11.6 Å². The maximum Gasteiger partial charge on any atom is 0.228 e. The zero-order chi connectivity index (χ0) is 20.6. The van der Waals surface area contributed by atoms with Gasteiger partial charge in [-0.1, -0.05) is 19.4 Å². The van der Waals surface area contributed by atoms with Gasteiger partial charge >= 0.3 is 0 Å². The molecule has 1 amide bonds. The average Bonchev–Trinajstić information content (AvgIpc) is 3.43. The number of hydrogen-bond donors (Lipinski definition) is 0. The van der Waals surface area contributed by atoms with Crippen LogP contribution >= 0.6 is 0 Å². The lowest BCUT2D eigenvalue weighted by molar-refractivity contribution is -0.129. The van der Waals surface area contributed by atoms with Gasteiger partial charge in [0.25, 0.3) is 0 Å². The van der Waals surface area contributed by atoms with E-state index >= 15 is 0 Å². The molecule has 154 valence electrons. The Morgan fingerprint density at radius 2 is 2.00 bits per heavy atom. The van der Waals surface area contributed by atoms with E-state index in [1.54, 1.807) is 6.20 Å². The molecule has 5 heterocycles. The zero-order valence-corrected chi connectivity index (χ0v) is 17.4. The maximum atomic E-state index is 13.1. The Kier molecular flexibility index (Phi) is 4.77. The number of carbonyl (C=O) groups excluding carboxylic acids is 1. The zero-order valence-electron chi connectivity index (χ0n) is 17.4. The van der Waals surface area contributed by atoms with Crippen molar-refractivity contribution in [3.63, 3.8) is 0 Å². The highest BCUT2D eigenvalue weighted by atomic mass is 16.2. The van der Waals surface area contributed by atoms with Crippen LogP contribution in [0.2, 0.25) is 0 Å². The number of hydrogen-bond acceptors (Lipinski definition) is 4. The van der Waals surface area contributed by atoms with Crippen LogP contribution in [0.3, 0.4) is 0 Å². The number of anilines is 1. The normalized spacial score (nSPS) is 19.8. The van der Waals surface area contributed by atoms with Gasteiger partial charge in [0, 0.05) is 43.9 Å². The van der Waals surface area contributed by atoms with Crippen molar-refractivity contribution in [2.75, 3.05) is 24.5 Å². The Morgan fingerprint density at radius 1 is 1.10 bits per heavy atom. The number of likely N-dealkylation sites (tertiary alicyclic amines) is 1. The standard InChI is InChI=1S/C24H27N5O/c1-2-3-15-29-20-9-6-13-26-23(20)28-14-7-10-21(28)24(29)11-16-27(18-24)22(30)17-19-8-4-5-12-25-19/h4-10,12-14H,2-3,11,15-18H2,1H3/t24-/m1/s1. The number of pyridine rings is 2. The van der Waals surface area contributed by atoms with E-state index in [0.29, 0.717) is 13.0 Å². The molecule has 0 radical (unpaired) electrons. The SMILES string of the molecule is CCCCN1c2cccnc2-n2cccc2[C@]12CCN(C(=O)Cc1ccccn1)C2. The first-order valence-corrected chi connectivity index (χ1v) is 10.8.